The smallest absolute Gasteiger partial charge is 0.0522 e. The molecule has 0 aromatic heterocycles. The van der Waals surface area contributed by atoms with Crippen LogP contribution in [0.25, 0.3) is 0 Å². The first kappa shape index (κ1) is 3.99. The van der Waals surface area contributed by atoms with E-state index in [1.54, 1.807) is 11.9 Å². The normalized spacial score (nSPS) is 19.8. The molecule has 0 aromatic carbocycles. The van der Waals surface area contributed by atoms with Gasteiger partial charge in [0.2, 0.25) is 0 Å². The highest BCUT2D eigenvalue weighted by atomic mass is 32.2. The average Bonchev–Trinajstić information content (AvgIpc) is 1.86. The third-order valence-corrected chi connectivity index (χ3v) is 1.35. The molecule has 34 valence electrons. The molecule has 1 aliphatic heterocycles. The third-order valence-electron chi connectivity index (χ3n) is 0.580. The van der Waals surface area contributed by atoms with Gasteiger partial charge in [0.1, 0.15) is 0 Å². The Hall–Kier alpha value is -0.180. The maximum Gasteiger partial charge on any atom is 0.0522 e. The molecule has 0 aliphatic carbocycles. The number of rotatable bonds is 0. The van der Waals surface area contributed by atoms with Gasteiger partial charge < -0.3 is 0 Å². The van der Waals surface area contributed by atoms with Gasteiger partial charge in [-0.1, -0.05) is 0 Å². The zero-order valence-electron chi connectivity index (χ0n) is 3.59. The summed E-state index contributed by atoms with van der Waals surface area (Å²) in [6.45, 7) is 0. The van der Waals surface area contributed by atoms with Gasteiger partial charge >= 0.3 is 0 Å². The Balaban J connectivity index is 2.38. The highest BCUT2D eigenvalue weighted by Crippen LogP contribution is 2.09. The van der Waals surface area contributed by atoms with E-state index in [1.807, 2.05) is 17.7 Å². The van der Waals surface area contributed by atoms with Gasteiger partial charge in [-0.2, -0.15) is 5.10 Å². The molecule has 0 unspecified atom stereocenters. The highest BCUT2D eigenvalue weighted by Gasteiger charge is 1.95. The van der Waals surface area contributed by atoms with Crippen LogP contribution in [0.1, 0.15) is 0 Å². The molecular formula is C3H6N2S. The summed E-state index contributed by atoms with van der Waals surface area (Å²) in [6.07, 6.45) is 1.89. The first-order valence-corrected chi connectivity index (χ1v) is 2.73. The third kappa shape index (κ3) is 0.653. The fourth-order valence-corrected chi connectivity index (χ4v) is 0.805. The zero-order valence-corrected chi connectivity index (χ0v) is 4.40. The Morgan fingerprint density at radius 3 is 3.00 bits per heavy atom. The van der Waals surface area contributed by atoms with Gasteiger partial charge in [0.25, 0.3) is 0 Å². The van der Waals surface area contributed by atoms with E-state index in [9.17, 15) is 0 Å². The molecule has 0 saturated heterocycles. The summed E-state index contributed by atoms with van der Waals surface area (Å²) in [4.78, 5) is 0. The lowest BCUT2D eigenvalue weighted by Gasteiger charge is -1.98. The van der Waals surface area contributed by atoms with Crippen molar-refractivity contribution in [1.29, 1.82) is 0 Å². The molecule has 0 bridgehead atoms. The maximum atomic E-state index is 3.91. The second-order valence-corrected chi connectivity index (χ2v) is 2.18. The van der Waals surface area contributed by atoms with Crippen LogP contribution >= 0.6 is 11.9 Å². The zero-order chi connectivity index (χ0) is 4.41. The first-order chi connectivity index (χ1) is 2.89. The minimum Gasteiger partial charge on any atom is -0.242 e. The standard InChI is InChI=1S/C3H6N2S/c1-5-4-2-3-6-5/h2H,3H2,1H3. The van der Waals surface area contributed by atoms with Crippen molar-refractivity contribution in [2.75, 3.05) is 12.8 Å². The number of hydrazone groups is 1. The molecular weight excluding hydrogens is 96.1 g/mol. The largest absolute Gasteiger partial charge is 0.242 e. The molecule has 0 aromatic rings. The Morgan fingerprint density at radius 1 is 2.00 bits per heavy atom. The molecule has 1 heterocycles. The Labute approximate surface area is 41.3 Å². The molecule has 0 spiro atoms. The minimum absolute atomic E-state index is 1.04. The minimum atomic E-state index is 1.04. The monoisotopic (exact) mass is 102 g/mol. The fourth-order valence-electron chi connectivity index (χ4n) is 0.323. The van der Waals surface area contributed by atoms with Crippen LogP contribution in [0.2, 0.25) is 0 Å². The van der Waals surface area contributed by atoms with E-state index in [2.05, 4.69) is 5.10 Å². The summed E-state index contributed by atoms with van der Waals surface area (Å²) in [7, 11) is 1.94. The van der Waals surface area contributed by atoms with E-state index >= 15 is 0 Å². The van der Waals surface area contributed by atoms with Crippen LogP contribution in [0.15, 0.2) is 5.10 Å². The van der Waals surface area contributed by atoms with E-state index in [1.165, 1.54) is 0 Å². The predicted octanol–water partition coefficient (Wildman–Crippen LogP) is 0.566. The molecule has 0 radical (unpaired) electrons. The van der Waals surface area contributed by atoms with Gasteiger partial charge in [-0.25, -0.2) is 4.41 Å². The lowest BCUT2D eigenvalue weighted by molar-refractivity contribution is 0.630. The molecule has 6 heavy (non-hydrogen) atoms. The Kier molecular flexibility index (Phi) is 1.01. The summed E-state index contributed by atoms with van der Waals surface area (Å²) in [6, 6.07) is 0. The van der Waals surface area contributed by atoms with Crippen LogP contribution in [-0.4, -0.2) is 23.4 Å². The van der Waals surface area contributed by atoms with Gasteiger partial charge in [-0.05, 0) is 11.9 Å². The van der Waals surface area contributed by atoms with Crippen molar-refractivity contribution >= 4 is 18.2 Å². The maximum absolute atomic E-state index is 3.91. The van der Waals surface area contributed by atoms with Crippen molar-refractivity contribution in [1.82, 2.24) is 4.41 Å². The number of hydrogen-bond acceptors (Lipinski definition) is 3. The second-order valence-electron chi connectivity index (χ2n) is 1.06. The molecule has 0 atom stereocenters. The molecule has 1 rings (SSSR count). The quantitative estimate of drug-likeness (QED) is 0.415. The Bertz CT molecular complexity index is 71.2. The lowest BCUT2D eigenvalue weighted by Crippen LogP contribution is -1.90. The van der Waals surface area contributed by atoms with E-state index in [4.69, 9.17) is 0 Å². The van der Waals surface area contributed by atoms with Crippen molar-refractivity contribution in [3.8, 4) is 0 Å². The van der Waals surface area contributed by atoms with Crippen molar-refractivity contribution in [3.05, 3.63) is 0 Å². The SMILES string of the molecule is CN1N=CCS1. The summed E-state index contributed by atoms with van der Waals surface area (Å²) in [5.74, 6) is 1.04. The van der Waals surface area contributed by atoms with Crippen molar-refractivity contribution in [3.63, 3.8) is 0 Å². The molecule has 3 heteroatoms. The van der Waals surface area contributed by atoms with Crippen molar-refractivity contribution < 1.29 is 0 Å². The van der Waals surface area contributed by atoms with Gasteiger partial charge in [-0.3, -0.25) is 0 Å². The molecule has 2 nitrogen and oxygen atoms in total. The summed E-state index contributed by atoms with van der Waals surface area (Å²) < 4.78 is 1.85. The van der Waals surface area contributed by atoms with Crippen LogP contribution in [-0.2, 0) is 0 Å². The average molecular weight is 102 g/mol. The highest BCUT2D eigenvalue weighted by molar-refractivity contribution is 7.97. The molecule has 0 saturated carbocycles. The van der Waals surface area contributed by atoms with Crippen LogP contribution in [0.4, 0.5) is 0 Å². The van der Waals surface area contributed by atoms with Gasteiger partial charge in [0, 0.05) is 13.3 Å². The van der Waals surface area contributed by atoms with Crippen molar-refractivity contribution in [2.45, 2.75) is 0 Å². The summed E-state index contributed by atoms with van der Waals surface area (Å²) in [5, 5.41) is 3.91. The molecule has 0 amide bonds. The molecule has 0 fully saturated rings. The topological polar surface area (TPSA) is 15.6 Å². The Morgan fingerprint density at radius 2 is 2.83 bits per heavy atom. The van der Waals surface area contributed by atoms with Crippen LogP contribution in [0.3, 0.4) is 0 Å². The van der Waals surface area contributed by atoms with E-state index in [-0.39, 0.29) is 0 Å². The van der Waals surface area contributed by atoms with E-state index < -0.39 is 0 Å². The summed E-state index contributed by atoms with van der Waals surface area (Å²) in [5.41, 5.74) is 0. The number of nitrogens with zero attached hydrogens (tertiary/aromatic N) is 2. The van der Waals surface area contributed by atoms with Crippen LogP contribution < -0.4 is 0 Å². The van der Waals surface area contributed by atoms with Gasteiger partial charge in [0.05, 0.1) is 5.75 Å². The van der Waals surface area contributed by atoms with Crippen molar-refractivity contribution in [2.24, 2.45) is 5.10 Å². The second kappa shape index (κ2) is 1.51. The number of hydrogen-bond donors (Lipinski definition) is 0. The predicted molar refractivity (Wildman–Crippen MR) is 28.7 cm³/mol. The van der Waals surface area contributed by atoms with Gasteiger partial charge in [-0.15, -0.1) is 0 Å². The van der Waals surface area contributed by atoms with Crippen LogP contribution in [0, 0.1) is 0 Å². The molecule has 0 N–H and O–H groups in total. The van der Waals surface area contributed by atoms with Gasteiger partial charge in [0.15, 0.2) is 0 Å². The first-order valence-electron chi connectivity index (χ1n) is 1.78. The van der Waals surface area contributed by atoms with Crippen LogP contribution in [0.5, 0.6) is 0 Å². The molecule has 1 aliphatic rings. The van der Waals surface area contributed by atoms with E-state index in [0.717, 1.165) is 5.75 Å². The fraction of sp³-hybridized carbons (Fsp3) is 0.667. The van der Waals surface area contributed by atoms with E-state index in [0.29, 0.717) is 0 Å². The summed E-state index contributed by atoms with van der Waals surface area (Å²) >= 11 is 1.71. The lowest BCUT2D eigenvalue weighted by atomic mass is 10.9.